The van der Waals surface area contributed by atoms with Crippen molar-refractivity contribution in [3.63, 3.8) is 0 Å². The second-order valence-corrected chi connectivity index (χ2v) is 5.71. The summed E-state index contributed by atoms with van der Waals surface area (Å²) in [6.45, 7) is -0.0630. The minimum atomic E-state index is -0.914. The van der Waals surface area contributed by atoms with Crippen molar-refractivity contribution in [3.05, 3.63) is 18.2 Å². The summed E-state index contributed by atoms with van der Waals surface area (Å²) in [6.07, 6.45) is 1.88. The van der Waals surface area contributed by atoms with Gasteiger partial charge in [-0.3, -0.25) is 14.4 Å². The van der Waals surface area contributed by atoms with E-state index in [-0.39, 0.29) is 24.8 Å². The van der Waals surface area contributed by atoms with Gasteiger partial charge in [-0.15, -0.1) is 0 Å². The van der Waals surface area contributed by atoms with Gasteiger partial charge >= 0.3 is 5.97 Å². The second kappa shape index (κ2) is 5.32. The molecule has 0 spiro atoms. The van der Waals surface area contributed by atoms with Gasteiger partial charge in [0.15, 0.2) is 6.61 Å². The number of carbonyl (C=O) groups excluding carboxylic acids is 2. The van der Waals surface area contributed by atoms with E-state index in [2.05, 4.69) is 10.6 Å². The van der Waals surface area contributed by atoms with E-state index in [1.165, 1.54) is 0 Å². The number of carbonyl (C=O) groups is 3. The number of carboxylic acid groups (broad SMARTS) is 1. The van der Waals surface area contributed by atoms with E-state index in [9.17, 15) is 19.5 Å². The van der Waals surface area contributed by atoms with Crippen LogP contribution in [0.3, 0.4) is 0 Å². The fourth-order valence-electron chi connectivity index (χ4n) is 2.73. The van der Waals surface area contributed by atoms with Crippen LogP contribution in [0.2, 0.25) is 0 Å². The molecule has 1 fully saturated rings. The molecule has 0 saturated heterocycles. The Labute approximate surface area is 126 Å². The van der Waals surface area contributed by atoms with Gasteiger partial charge < -0.3 is 20.5 Å². The van der Waals surface area contributed by atoms with Crippen LogP contribution < -0.4 is 15.4 Å². The van der Waals surface area contributed by atoms with Crippen LogP contribution in [0.15, 0.2) is 18.2 Å². The lowest BCUT2D eigenvalue weighted by molar-refractivity contribution is -0.157. The summed E-state index contributed by atoms with van der Waals surface area (Å²) in [5.41, 5.74) is 0.151. The van der Waals surface area contributed by atoms with Crippen molar-refractivity contribution >= 4 is 29.2 Å². The monoisotopic (exact) mass is 304 g/mol. The highest BCUT2D eigenvalue weighted by Gasteiger charge is 2.45. The molecule has 1 heterocycles. The smallest absolute Gasteiger partial charge is 0.310 e. The molecule has 7 heteroatoms. The second-order valence-electron chi connectivity index (χ2n) is 5.71. The van der Waals surface area contributed by atoms with Crippen LogP contribution in [0.5, 0.6) is 5.75 Å². The number of anilines is 2. The molecular weight excluding hydrogens is 288 g/mol. The van der Waals surface area contributed by atoms with Gasteiger partial charge in [-0.25, -0.2) is 0 Å². The normalized spacial score (nSPS) is 18.3. The Morgan fingerprint density at radius 2 is 2.14 bits per heavy atom. The van der Waals surface area contributed by atoms with E-state index in [0.29, 0.717) is 30.0 Å². The Morgan fingerprint density at radius 1 is 1.36 bits per heavy atom. The number of aliphatic carboxylic acids is 1. The maximum absolute atomic E-state index is 12.1. The molecule has 1 aliphatic carbocycles. The van der Waals surface area contributed by atoms with Crippen molar-refractivity contribution in [1.29, 1.82) is 0 Å². The molecular formula is C15H16N2O5. The summed E-state index contributed by atoms with van der Waals surface area (Å²) in [7, 11) is 0. The Hall–Kier alpha value is -2.57. The fourth-order valence-corrected chi connectivity index (χ4v) is 2.73. The molecule has 1 saturated carbocycles. The number of benzene rings is 1. The molecule has 0 aromatic heterocycles. The zero-order valence-corrected chi connectivity index (χ0v) is 11.8. The molecule has 0 atom stereocenters. The zero-order valence-electron chi connectivity index (χ0n) is 11.8. The Balaban J connectivity index is 1.67. The number of amides is 2. The fraction of sp³-hybridized carbons (Fsp3) is 0.400. The summed E-state index contributed by atoms with van der Waals surface area (Å²) in [4.78, 5) is 34.5. The molecule has 0 bridgehead atoms. The maximum Gasteiger partial charge on any atom is 0.310 e. The van der Waals surface area contributed by atoms with Gasteiger partial charge in [-0.2, -0.15) is 0 Å². The number of nitrogens with one attached hydrogen (secondary N) is 2. The summed E-state index contributed by atoms with van der Waals surface area (Å²) in [5, 5.41) is 14.6. The first-order valence-corrected chi connectivity index (χ1v) is 7.08. The van der Waals surface area contributed by atoms with Crippen LogP contribution in [-0.4, -0.2) is 29.5 Å². The van der Waals surface area contributed by atoms with Gasteiger partial charge in [0.25, 0.3) is 5.91 Å². The van der Waals surface area contributed by atoms with E-state index < -0.39 is 11.4 Å². The van der Waals surface area contributed by atoms with Gasteiger partial charge in [0.1, 0.15) is 5.75 Å². The number of hydrogen-bond acceptors (Lipinski definition) is 4. The largest absolute Gasteiger partial charge is 0.482 e. The van der Waals surface area contributed by atoms with Gasteiger partial charge in [0.05, 0.1) is 11.1 Å². The zero-order chi connectivity index (χ0) is 15.7. The third-order valence-corrected chi connectivity index (χ3v) is 4.16. The molecule has 0 radical (unpaired) electrons. The molecule has 2 aliphatic rings. The minimum Gasteiger partial charge on any atom is -0.482 e. The Morgan fingerprint density at radius 3 is 2.77 bits per heavy atom. The minimum absolute atomic E-state index is 0.0307. The number of ether oxygens (including phenoxy) is 1. The van der Waals surface area contributed by atoms with E-state index in [1.54, 1.807) is 18.2 Å². The first-order chi connectivity index (χ1) is 10.5. The van der Waals surface area contributed by atoms with Gasteiger partial charge in [-0.1, -0.05) is 6.42 Å². The van der Waals surface area contributed by atoms with Gasteiger partial charge in [0.2, 0.25) is 5.91 Å². The third kappa shape index (κ3) is 2.61. The van der Waals surface area contributed by atoms with Crippen LogP contribution >= 0.6 is 0 Å². The van der Waals surface area contributed by atoms with Crippen LogP contribution in [0, 0.1) is 5.41 Å². The molecule has 1 aliphatic heterocycles. The number of rotatable bonds is 4. The average molecular weight is 304 g/mol. The molecule has 3 rings (SSSR count). The van der Waals surface area contributed by atoms with Crippen molar-refractivity contribution in [1.82, 2.24) is 0 Å². The summed E-state index contributed by atoms with van der Waals surface area (Å²) in [6, 6.07) is 4.89. The first kappa shape index (κ1) is 14.4. The molecule has 7 nitrogen and oxygen atoms in total. The highest BCUT2D eigenvalue weighted by atomic mass is 16.5. The third-order valence-electron chi connectivity index (χ3n) is 4.16. The molecule has 1 aromatic rings. The van der Waals surface area contributed by atoms with Crippen molar-refractivity contribution < 1.29 is 24.2 Å². The van der Waals surface area contributed by atoms with Gasteiger partial charge in [0, 0.05) is 18.2 Å². The SMILES string of the molecule is O=C(CC1(C(=O)O)CCC1)Nc1ccc2c(c1)OCC(=O)N2. The van der Waals surface area contributed by atoms with E-state index in [0.717, 1.165) is 6.42 Å². The highest BCUT2D eigenvalue weighted by Crippen LogP contribution is 2.44. The summed E-state index contributed by atoms with van der Waals surface area (Å²) in [5.74, 6) is -0.987. The molecule has 116 valence electrons. The summed E-state index contributed by atoms with van der Waals surface area (Å²) >= 11 is 0. The topological polar surface area (TPSA) is 105 Å². The van der Waals surface area contributed by atoms with Crippen molar-refractivity contribution in [3.8, 4) is 5.75 Å². The van der Waals surface area contributed by atoms with Gasteiger partial charge in [-0.05, 0) is 25.0 Å². The van der Waals surface area contributed by atoms with Crippen LogP contribution in [0.1, 0.15) is 25.7 Å². The number of hydrogen-bond donors (Lipinski definition) is 3. The lowest BCUT2D eigenvalue weighted by atomic mass is 9.66. The lowest BCUT2D eigenvalue weighted by Gasteiger charge is -2.36. The highest BCUT2D eigenvalue weighted by molar-refractivity contribution is 5.98. The first-order valence-electron chi connectivity index (χ1n) is 7.08. The predicted molar refractivity (Wildman–Crippen MR) is 77.7 cm³/mol. The molecule has 22 heavy (non-hydrogen) atoms. The predicted octanol–water partition coefficient (Wildman–Crippen LogP) is 1.60. The molecule has 3 N–H and O–H groups in total. The standard InChI is InChI=1S/C15H16N2O5/c18-12(7-15(14(20)21)4-1-5-15)16-9-2-3-10-11(6-9)22-8-13(19)17-10/h2-3,6H,1,4-5,7-8H2,(H,16,18)(H,17,19)(H,20,21). The van der Waals surface area contributed by atoms with Crippen LogP contribution in [-0.2, 0) is 14.4 Å². The lowest BCUT2D eigenvalue weighted by Crippen LogP contribution is -2.41. The molecule has 0 unspecified atom stereocenters. The van der Waals surface area contributed by atoms with Crippen molar-refractivity contribution in [2.24, 2.45) is 5.41 Å². The van der Waals surface area contributed by atoms with Crippen LogP contribution in [0.4, 0.5) is 11.4 Å². The quantitative estimate of drug-likeness (QED) is 0.783. The maximum atomic E-state index is 12.1. The Bertz CT molecular complexity index is 651. The number of carboxylic acids is 1. The number of fused-ring (bicyclic) bond motifs is 1. The van der Waals surface area contributed by atoms with Crippen molar-refractivity contribution in [2.45, 2.75) is 25.7 Å². The Kier molecular flexibility index (Phi) is 3.48. The average Bonchev–Trinajstić information content (AvgIpc) is 2.42. The van der Waals surface area contributed by atoms with Crippen molar-refractivity contribution in [2.75, 3.05) is 17.2 Å². The molecule has 1 aromatic carbocycles. The van der Waals surface area contributed by atoms with E-state index in [1.807, 2.05) is 0 Å². The van der Waals surface area contributed by atoms with Crippen LogP contribution in [0.25, 0.3) is 0 Å². The molecule has 2 amide bonds. The van der Waals surface area contributed by atoms with E-state index in [4.69, 9.17) is 4.74 Å². The van der Waals surface area contributed by atoms with E-state index >= 15 is 0 Å². The summed E-state index contributed by atoms with van der Waals surface area (Å²) < 4.78 is 5.27.